The molecule has 2 amide bonds. The number of aryl methyl sites for hydroxylation is 1. The van der Waals surface area contributed by atoms with E-state index in [0.717, 1.165) is 22.0 Å². The molecule has 0 spiro atoms. The predicted molar refractivity (Wildman–Crippen MR) is 141 cm³/mol. The van der Waals surface area contributed by atoms with Crippen molar-refractivity contribution in [3.63, 3.8) is 0 Å². The second-order valence-corrected chi connectivity index (χ2v) is 9.09. The number of rotatable bonds is 9. The van der Waals surface area contributed by atoms with Crippen molar-refractivity contribution >= 4 is 40.0 Å². The van der Waals surface area contributed by atoms with E-state index in [-0.39, 0.29) is 23.6 Å². The first kappa shape index (κ1) is 24.2. The number of benzene rings is 3. The third-order valence-corrected chi connectivity index (χ3v) is 6.51. The molecule has 0 fully saturated rings. The molecule has 178 valence electrons. The summed E-state index contributed by atoms with van der Waals surface area (Å²) in [5.74, 6) is 0.462. The first-order valence-corrected chi connectivity index (χ1v) is 12.3. The Labute approximate surface area is 208 Å². The van der Waals surface area contributed by atoms with Gasteiger partial charge in [0.1, 0.15) is 0 Å². The molecule has 1 unspecified atom stereocenters. The first-order chi connectivity index (χ1) is 17.0. The molecular formula is C27H27N5O2S. The summed E-state index contributed by atoms with van der Waals surface area (Å²) in [6.45, 7) is 8.04. The van der Waals surface area contributed by atoms with Gasteiger partial charge in [0, 0.05) is 17.8 Å². The van der Waals surface area contributed by atoms with E-state index in [4.69, 9.17) is 0 Å². The molecule has 4 aromatic rings. The maximum atomic E-state index is 12.7. The first-order valence-electron chi connectivity index (χ1n) is 11.3. The fourth-order valence-electron chi connectivity index (χ4n) is 3.79. The van der Waals surface area contributed by atoms with Crippen molar-refractivity contribution in [1.29, 1.82) is 0 Å². The lowest BCUT2D eigenvalue weighted by molar-refractivity contribution is -0.113. The molecule has 4 rings (SSSR count). The lowest BCUT2D eigenvalue weighted by Gasteiger charge is -2.16. The lowest BCUT2D eigenvalue weighted by Crippen LogP contribution is -2.29. The number of amides is 2. The Morgan fingerprint density at radius 3 is 2.57 bits per heavy atom. The van der Waals surface area contributed by atoms with Crippen LogP contribution in [-0.2, 0) is 11.3 Å². The van der Waals surface area contributed by atoms with Crippen LogP contribution in [0.4, 0.5) is 5.69 Å². The number of carbonyl (C=O) groups is 2. The number of hydrogen-bond acceptors (Lipinski definition) is 5. The summed E-state index contributed by atoms with van der Waals surface area (Å²) in [5.41, 5.74) is 2.27. The van der Waals surface area contributed by atoms with Crippen LogP contribution in [0, 0.1) is 6.92 Å². The van der Waals surface area contributed by atoms with Crippen LogP contribution in [0.25, 0.3) is 10.8 Å². The van der Waals surface area contributed by atoms with E-state index in [1.807, 2.05) is 79.1 Å². The zero-order valence-corrected chi connectivity index (χ0v) is 20.5. The van der Waals surface area contributed by atoms with E-state index in [1.54, 1.807) is 12.1 Å². The molecule has 1 heterocycles. The minimum atomic E-state index is -0.379. The molecule has 1 atom stereocenters. The maximum Gasteiger partial charge on any atom is 0.252 e. The van der Waals surface area contributed by atoms with Gasteiger partial charge >= 0.3 is 0 Å². The van der Waals surface area contributed by atoms with Crippen molar-refractivity contribution < 1.29 is 9.59 Å². The molecule has 0 radical (unpaired) electrons. The Morgan fingerprint density at radius 2 is 1.80 bits per heavy atom. The molecule has 0 aliphatic rings. The molecule has 1 aromatic heterocycles. The smallest absolute Gasteiger partial charge is 0.252 e. The molecule has 0 aliphatic carbocycles. The summed E-state index contributed by atoms with van der Waals surface area (Å²) in [7, 11) is 0. The highest BCUT2D eigenvalue weighted by molar-refractivity contribution is 7.99. The Balaban J connectivity index is 1.42. The zero-order chi connectivity index (χ0) is 24.8. The van der Waals surface area contributed by atoms with E-state index in [0.29, 0.717) is 23.1 Å². The van der Waals surface area contributed by atoms with Gasteiger partial charge in [0.2, 0.25) is 5.91 Å². The summed E-state index contributed by atoms with van der Waals surface area (Å²) < 4.78 is 1.86. The molecule has 3 aromatic carbocycles. The van der Waals surface area contributed by atoms with Crippen LogP contribution in [0.2, 0.25) is 0 Å². The number of aromatic nitrogens is 3. The Kier molecular flexibility index (Phi) is 7.62. The van der Waals surface area contributed by atoms with Crippen LogP contribution in [0.15, 0.2) is 84.5 Å². The van der Waals surface area contributed by atoms with E-state index in [1.165, 1.54) is 11.8 Å². The minimum absolute atomic E-state index is 0.138. The highest BCUT2D eigenvalue weighted by atomic mass is 32.2. The van der Waals surface area contributed by atoms with Gasteiger partial charge in [-0.25, -0.2) is 0 Å². The van der Waals surface area contributed by atoms with Gasteiger partial charge in [-0.3, -0.25) is 9.59 Å². The number of nitrogens with one attached hydrogen (secondary N) is 2. The Morgan fingerprint density at radius 1 is 1.06 bits per heavy atom. The normalized spacial score (nSPS) is 11.7. The number of allylic oxidation sites excluding steroid dienone is 1. The molecular weight excluding hydrogens is 458 g/mol. The standard InChI is InChI=1S/C27H27N5O2S/c1-4-15-32-25(19(3)28-26(34)23-12-8-5-9-18(23)2)30-31-27(32)35-17-24(33)29-22-14-13-20-10-6-7-11-21(20)16-22/h4-14,16,19H,1,15,17H2,2-3H3,(H,28,34)(H,29,33). The van der Waals surface area contributed by atoms with Gasteiger partial charge in [-0.05, 0) is 48.4 Å². The van der Waals surface area contributed by atoms with Gasteiger partial charge in [-0.1, -0.05) is 66.4 Å². The summed E-state index contributed by atoms with van der Waals surface area (Å²) in [6.07, 6.45) is 1.74. The summed E-state index contributed by atoms with van der Waals surface area (Å²) in [4.78, 5) is 25.3. The fourth-order valence-corrected chi connectivity index (χ4v) is 4.54. The largest absolute Gasteiger partial charge is 0.342 e. The highest BCUT2D eigenvalue weighted by Crippen LogP contribution is 2.23. The fraction of sp³-hybridized carbons (Fsp3) is 0.185. The van der Waals surface area contributed by atoms with Crippen molar-refractivity contribution in [2.45, 2.75) is 31.6 Å². The van der Waals surface area contributed by atoms with Crippen molar-refractivity contribution in [3.8, 4) is 0 Å². The van der Waals surface area contributed by atoms with Gasteiger partial charge < -0.3 is 15.2 Å². The van der Waals surface area contributed by atoms with Gasteiger partial charge in [-0.2, -0.15) is 0 Å². The minimum Gasteiger partial charge on any atom is -0.342 e. The van der Waals surface area contributed by atoms with Crippen LogP contribution in [-0.4, -0.2) is 32.3 Å². The molecule has 2 N–H and O–H groups in total. The topological polar surface area (TPSA) is 88.9 Å². The summed E-state index contributed by atoms with van der Waals surface area (Å²) >= 11 is 1.29. The molecule has 7 nitrogen and oxygen atoms in total. The van der Waals surface area contributed by atoms with Crippen LogP contribution in [0.1, 0.15) is 34.7 Å². The number of fused-ring (bicyclic) bond motifs is 1. The molecule has 0 saturated carbocycles. The number of nitrogens with zero attached hydrogens (tertiary/aromatic N) is 3. The second kappa shape index (κ2) is 11.0. The third kappa shape index (κ3) is 5.78. The van der Waals surface area contributed by atoms with Gasteiger partial charge in [0.15, 0.2) is 11.0 Å². The van der Waals surface area contributed by atoms with Crippen LogP contribution >= 0.6 is 11.8 Å². The van der Waals surface area contributed by atoms with E-state index >= 15 is 0 Å². The second-order valence-electron chi connectivity index (χ2n) is 8.15. The monoisotopic (exact) mass is 485 g/mol. The molecule has 0 saturated heterocycles. The number of thioether (sulfide) groups is 1. The summed E-state index contributed by atoms with van der Waals surface area (Å²) in [6, 6.07) is 20.9. The predicted octanol–water partition coefficient (Wildman–Crippen LogP) is 5.15. The zero-order valence-electron chi connectivity index (χ0n) is 19.7. The van der Waals surface area contributed by atoms with Crippen molar-refractivity contribution in [2.75, 3.05) is 11.1 Å². The summed E-state index contributed by atoms with van der Waals surface area (Å²) in [5, 5.41) is 17.3. The van der Waals surface area contributed by atoms with Crippen LogP contribution < -0.4 is 10.6 Å². The maximum absolute atomic E-state index is 12.7. The average molecular weight is 486 g/mol. The quantitative estimate of drug-likeness (QED) is 0.253. The number of hydrogen-bond donors (Lipinski definition) is 2. The third-order valence-electron chi connectivity index (χ3n) is 5.55. The highest BCUT2D eigenvalue weighted by Gasteiger charge is 2.21. The molecule has 35 heavy (non-hydrogen) atoms. The average Bonchev–Trinajstić information content (AvgIpc) is 3.26. The van der Waals surface area contributed by atoms with Crippen LogP contribution in [0.5, 0.6) is 0 Å². The number of anilines is 1. The van der Waals surface area contributed by atoms with Crippen LogP contribution in [0.3, 0.4) is 0 Å². The molecule has 0 aliphatic heterocycles. The number of carbonyl (C=O) groups excluding carboxylic acids is 2. The van der Waals surface area contributed by atoms with Gasteiger partial charge in [0.05, 0.1) is 11.8 Å². The Bertz CT molecular complexity index is 1380. The van der Waals surface area contributed by atoms with Gasteiger partial charge in [0.25, 0.3) is 5.91 Å². The van der Waals surface area contributed by atoms with Crippen molar-refractivity contribution in [1.82, 2.24) is 20.1 Å². The van der Waals surface area contributed by atoms with E-state index < -0.39 is 0 Å². The van der Waals surface area contributed by atoms with E-state index in [9.17, 15) is 9.59 Å². The molecule has 0 bridgehead atoms. The van der Waals surface area contributed by atoms with Crippen molar-refractivity contribution in [3.05, 3.63) is 96.3 Å². The molecule has 8 heteroatoms. The SMILES string of the molecule is C=CCn1c(SCC(=O)Nc2ccc3ccccc3c2)nnc1C(C)NC(=O)c1ccccc1C. The van der Waals surface area contributed by atoms with Gasteiger partial charge in [-0.15, -0.1) is 16.8 Å². The van der Waals surface area contributed by atoms with Crippen molar-refractivity contribution in [2.24, 2.45) is 0 Å². The van der Waals surface area contributed by atoms with E-state index in [2.05, 4.69) is 27.4 Å². The Hall–Kier alpha value is -3.91. The lowest BCUT2D eigenvalue weighted by atomic mass is 10.1.